The zero-order valence-electron chi connectivity index (χ0n) is 10.2. The summed E-state index contributed by atoms with van der Waals surface area (Å²) in [5, 5.41) is 19.1. The summed E-state index contributed by atoms with van der Waals surface area (Å²) in [7, 11) is 0. The second kappa shape index (κ2) is 4.23. The van der Waals surface area contributed by atoms with E-state index in [1.165, 1.54) is 6.92 Å². The average molecular weight is 274 g/mol. The molecule has 104 valence electrons. The van der Waals surface area contributed by atoms with Gasteiger partial charge in [-0.1, -0.05) is 0 Å². The lowest BCUT2D eigenvalue weighted by atomic mass is 9.88. The van der Waals surface area contributed by atoms with Gasteiger partial charge in [-0.3, -0.25) is 0 Å². The molecule has 0 radical (unpaired) electrons. The molecule has 1 aliphatic rings. The second-order valence-electron chi connectivity index (χ2n) is 5.02. The molecule has 0 heterocycles. The summed E-state index contributed by atoms with van der Waals surface area (Å²) in [6.45, 7) is 1.42. The van der Waals surface area contributed by atoms with Gasteiger partial charge in [-0.2, -0.15) is 13.2 Å². The maximum atomic E-state index is 12.7. The van der Waals surface area contributed by atoms with Crippen LogP contribution in [0.3, 0.4) is 0 Å². The molecule has 2 rings (SSSR count). The first-order valence-corrected chi connectivity index (χ1v) is 5.81. The molecular weight excluding hydrogens is 261 g/mol. The summed E-state index contributed by atoms with van der Waals surface area (Å²) in [5.74, 6) is -1.56. The molecule has 0 saturated heterocycles. The van der Waals surface area contributed by atoms with E-state index in [1.807, 2.05) is 0 Å². The van der Waals surface area contributed by atoms with Crippen LogP contribution < -0.4 is 0 Å². The topological polar surface area (TPSA) is 57.5 Å². The molecule has 0 amide bonds. The van der Waals surface area contributed by atoms with Crippen LogP contribution in [-0.2, 0) is 11.8 Å². The SMILES string of the molecule is CC(O)(c1cc(C(=O)O)cc(C(F)(F)F)c1)C1CC1. The average Bonchev–Trinajstić information content (AvgIpc) is 3.11. The first kappa shape index (κ1) is 13.9. The van der Waals surface area contributed by atoms with Gasteiger partial charge in [-0.05, 0) is 49.4 Å². The van der Waals surface area contributed by atoms with Crippen molar-refractivity contribution < 1.29 is 28.2 Å². The highest BCUT2D eigenvalue weighted by Gasteiger charge is 2.43. The summed E-state index contributed by atoms with van der Waals surface area (Å²) in [6.07, 6.45) is -3.18. The Kier molecular flexibility index (Phi) is 3.09. The fourth-order valence-electron chi connectivity index (χ4n) is 2.09. The molecule has 2 N–H and O–H groups in total. The number of carboxylic acid groups (broad SMARTS) is 1. The van der Waals surface area contributed by atoms with Crippen LogP contribution in [-0.4, -0.2) is 16.2 Å². The first-order chi connectivity index (χ1) is 8.62. The fraction of sp³-hybridized carbons (Fsp3) is 0.462. The van der Waals surface area contributed by atoms with Crippen molar-refractivity contribution >= 4 is 5.97 Å². The molecule has 0 aliphatic heterocycles. The highest BCUT2D eigenvalue weighted by molar-refractivity contribution is 5.88. The smallest absolute Gasteiger partial charge is 0.416 e. The molecule has 19 heavy (non-hydrogen) atoms. The van der Waals surface area contributed by atoms with Crippen LogP contribution in [0.2, 0.25) is 0 Å². The minimum Gasteiger partial charge on any atom is -0.478 e. The molecule has 1 aliphatic carbocycles. The van der Waals surface area contributed by atoms with Gasteiger partial charge in [0.2, 0.25) is 0 Å². The third kappa shape index (κ3) is 2.73. The molecular formula is C13H13F3O3. The van der Waals surface area contributed by atoms with E-state index < -0.39 is 28.9 Å². The van der Waals surface area contributed by atoms with E-state index in [-0.39, 0.29) is 11.5 Å². The van der Waals surface area contributed by atoms with E-state index >= 15 is 0 Å². The number of carbonyl (C=O) groups is 1. The number of hydrogen-bond donors (Lipinski definition) is 2. The van der Waals surface area contributed by atoms with E-state index in [4.69, 9.17) is 5.11 Å². The predicted octanol–water partition coefficient (Wildman–Crippen LogP) is 3.02. The summed E-state index contributed by atoms with van der Waals surface area (Å²) >= 11 is 0. The Balaban J connectivity index is 2.54. The van der Waals surface area contributed by atoms with Gasteiger partial charge < -0.3 is 10.2 Å². The Morgan fingerprint density at radius 2 is 1.74 bits per heavy atom. The third-order valence-electron chi connectivity index (χ3n) is 3.46. The number of aliphatic hydroxyl groups is 1. The minimum absolute atomic E-state index is 0.00206. The highest BCUT2D eigenvalue weighted by Crippen LogP contribution is 2.46. The van der Waals surface area contributed by atoms with Gasteiger partial charge in [-0.25, -0.2) is 4.79 Å². The monoisotopic (exact) mass is 274 g/mol. The van der Waals surface area contributed by atoms with E-state index in [0.717, 1.165) is 25.0 Å². The van der Waals surface area contributed by atoms with E-state index in [2.05, 4.69) is 0 Å². The Hall–Kier alpha value is -1.56. The molecule has 1 saturated carbocycles. The number of halogens is 3. The summed E-state index contributed by atoms with van der Waals surface area (Å²) in [5.41, 5.74) is -2.94. The normalized spacial score (nSPS) is 19.0. The minimum atomic E-state index is -4.64. The summed E-state index contributed by atoms with van der Waals surface area (Å²) < 4.78 is 38.2. The fourth-order valence-corrected chi connectivity index (χ4v) is 2.09. The Morgan fingerprint density at radius 1 is 1.21 bits per heavy atom. The Morgan fingerprint density at radius 3 is 2.16 bits per heavy atom. The highest BCUT2D eigenvalue weighted by atomic mass is 19.4. The van der Waals surface area contributed by atoms with Crippen molar-refractivity contribution in [3.63, 3.8) is 0 Å². The zero-order valence-corrected chi connectivity index (χ0v) is 10.2. The van der Waals surface area contributed by atoms with E-state index in [1.54, 1.807) is 0 Å². The lowest BCUT2D eigenvalue weighted by Crippen LogP contribution is -2.25. The van der Waals surface area contributed by atoms with Gasteiger partial charge in [0.15, 0.2) is 0 Å². The first-order valence-electron chi connectivity index (χ1n) is 5.81. The third-order valence-corrected chi connectivity index (χ3v) is 3.46. The summed E-state index contributed by atoms with van der Waals surface area (Å²) in [6, 6.07) is 2.51. The van der Waals surface area contributed by atoms with Crippen molar-refractivity contribution in [2.75, 3.05) is 0 Å². The maximum absolute atomic E-state index is 12.7. The standard InChI is InChI=1S/C13H13F3O3/c1-12(19,8-2-3-8)9-4-7(11(17)18)5-10(6-9)13(14,15)16/h4-6,8,19H,2-3H2,1H3,(H,17,18). The lowest BCUT2D eigenvalue weighted by molar-refractivity contribution is -0.137. The lowest BCUT2D eigenvalue weighted by Gasteiger charge is -2.25. The van der Waals surface area contributed by atoms with Crippen LogP contribution in [0.15, 0.2) is 18.2 Å². The molecule has 0 spiro atoms. The van der Waals surface area contributed by atoms with Crippen LogP contribution in [0.4, 0.5) is 13.2 Å². The van der Waals surface area contributed by atoms with Crippen molar-refractivity contribution in [3.8, 4) is 0 Å². The number of hydrogen-bond acceptors (Lipinski definition) is 2. The van der Waals surface area contributed by atoms with Crippen LogP contribution in [0.1, 0.15) is 41.3 Å². The van der Waals surface area contributed by atoms with Crippen molar-refractivity contribution in [1.29, 1.82) is 0 Å². The van der Waals surface area contributed by atoms with Gasteiger partial charge >= 0.3 is 12.1 Å². The zero-order chi connectivity index (χ0) is 14.4. The van der Waals surface area contributed by atoms with Gasteiger partial charge in [0, 0.05) is 0 Å². The molecule has 1 fully saturated rings. The largest absolute Gasteiger partial charge is 0.478 e. The molecule has 3 nitrogen and oxygen atoms in total. The molecule has 0 bridgehead atoms. The molecule has 0 aromatic heterocycles. The molecule has 6 heteroatoms. The van der Waals surface area contributed by atoms with Crippen molar-refractivity contribution in [2.45, 2.75) is 31.5 Å². The van der Waals surface area contributed by atoms with E-state index in [0.29, 0.717) is 6.07 Å². The number of aromatic carboxylic acids is 1. The number of carboxylic acids is 1. The predicted molar refractivity (Wildman–Crippen MR) is 60.7 cm³/mol. The van der Waals surface area contributed by atoms with Crippen molar-refractivity contribution in [3.05, 3.63) is 34.9 Å². The van der Waals surface area contributed by atoms with Crippen LogP contribution in [0.5, 0.6) is 0 Å². The van der Waals surface area contributed by atoms with Gasteiger partial charge in [-0.15, -0.1) is 0 Å². The molecule has 1 unspecified atom stereocenters. The van der Waals surface area contributed by atoms with Gasteiger partial charge in [0.1, 0.15) is 0 Å². The Bertz CT molecular complexity index is 516. The number of benzene rings is 1. The quantitative estimate of drug-likeness (QED) is 0.890. The molecule has 1 aromatic rings. The van der Waals surface area contributed by atoms with Crippen LogP contribution in [0.25, 0.3) is 0 Å². The Labute approximate surface area is 107 Å². The molecule has 1 aromatic carbocycles. The van der Waals surface area contributed by atoms with E-state index in [9.17, 15) is 23.1 Å². The number of rotatable bonds is 3. The van der Waals surface area contributed by atoms with Crippen molar-refractivity contribution in [2.24, 2.45) is 5.92 Å². The second-order valence-corrected chi connectivity index (χ2v) is 5.02. The number of alkyl halides is 3. The van der Waals surface area contributed by atoms with Gasteiger partial charge in [0.25, 0.3) is 0 Å². The summed E-state index contributed by atoms with van der Waals surface area (Å²) in [4.78, 5) is 10.9. The van der Waals surface area contributed by atoms with Gasteiger partial charge in [0.05, 0.1) is 16.7 Å². The molecule has 1 atom stereocenters. The maximum Gasteiger partial charge on any atom is 0.416 e. The van der Waals surface area contributed by atoms with Crippen molar-refractivity contribution in [1.82, 2.24) is 0 Å². The van der Waals surface area contributed by atoms with Crippen LogP contribution in [0, 0.1) is 5.92 Å². The van der Waals surface area contributed by atoms with Crippen LogP contribution >= 0.6 is 0 Å².